The maximum Gasteiger partial charge on any atom is 0.151 e. The van der Waals surface area contributed by atoms with Crippen LogP contribution in [0.4, 0.5) is 4.39 Å². The smallest absolute Gasteiger partial charge is 0.151 e. The third kappa shape index (κ3) is 1.62. The highest BCUT2D eigenvalue weighted by molar-refractivity contribution is 5.76. The van der Waals surface area contributed by atoms with Crippen molar-refractivity contribution in [2.75, 3.05) is 20.3 Å². The predicted octanol–water partition coefficient (Wildman–Crippen LogP) is 1.41. The van der Waals surface area contributed by atoms with Crippen molar-refractivity contribution < 1.29 is 9.13 Å². The van der Waals surface area contributed by atoms with E-state index < -0.39 is 0 Å². The topological polar surface area (TPSA) is 39.1 Å². The van der Waals surface area contributed by atoms with Crippen molar-refractivity contribution in [1.29, 1.82) is 0 Å². The van der Waals surface area contributed by atoms with Gasteiger partial charge in [0.1, 0.15) is 11.3 Å². The molecule has 0 saturated carbocycles. The molecule has 1 fully saturated rings. The molecule has 1 saturated heterocycles. The first kappa shape index (κ1) is 11.6. The lowest BCUT2D eigenvalue weighted by molar-refractivity contribution is 0.188. The Labute approximate surface area is 105 Å². The van der Waals surface area contributed by atoms with E-state index in [9.17, 15) is 4.39 Å². The summed E-state index contributed by atoms with van der Waals surface area (Å²) < 4.78 is 21.2. The highest BCUT2D eigenvalue weighted by atomic mass is 19.1. The van der Waals surface area contributed by atoms with Crippen molar-refractivity contribution in [3.63, 3.8) is 0 Å². The molecule has 0 amide bonds. The predicted molar refractivity (Wildman–Crippen MR) is 67.1 cm³/mol. The molecule has 5 heteroatoms. The first-order valence-corrected chi connectivity index (χ1v) is 6.08. The van der Waals surface area contributed by atoms with Crippen LogP contribution in [0.25, 0.3) is 11.0 Å². The van der Waals surface area contributed by atoms with Crippen LogP contribution in [-0.4, -0.2) is 35.9 Å². The average Bonchev–Trinajstić information content (AvgIpc) is 2.95. The number of nitrogens with one attached hydrogen (secondary N) is 1. The number of aromatic nitrogens is 2. The molecule has 0 spiro atoms. The lowest BCUT2D eigenvalue weighted by atomic mass is 10.0. The first-order chi connectivity index (χ1) is 8.72. The van der Waals surface area contributed by atoms with Gasteiger partial charge in [0.2, 0.25) is 0 Å². The van der Waals surface area contributed by atoms with Gasteiger partial charge in [-0.3, -0.25) is 0 Å². The van der Waals surface area contributed by atoms with E-state index in [1.165, 1.54) is 6.07 Å². The van der Waals surface area contributed by atoms with Crippen LogP contribution < -0.4 is 5.32 Å². The highest BCUT2D eigenvalue weighted by Gasteiger charge is 2.32. The Kier molecular flexibility index (Phi) is 2.80. The normalized spacial score (nSPS) is 23.9. The van der Waals surface area contributed by atoms with Crippen LogP contribution in [-0.2, 0) is 11.8 Å². The molecule has 4 nitrogen and oxygen atoms in total. The van der Waals surface area contributed by atoms with E-state index in [1.54, 1.807) is 6.07 Å². The molecule has 2 aromatic rings. The Morgan fingerprint density at radius 3 is 3.00 bits per heavy atom. The van der Waals surface area contributed by atoms with Gasteiger partial charge >= 0.3 is 0 Å². The van der Waals surface area contributed by atoms with E-state index in [0.29, 0.717) is 18.7 Å². The molecule has 1 aromatic carbocycles. The zero-order valence-corrected chi connectivity index (χ0v) is 10.5. The molecule has 0 aliphatic carbocycles. The largest absolute Gasteiger partial charge is 0.379 e. The second kappa shape index (κ2) is 4.33. The fourth-order valence-electron chi connectivity index (χ4n) is 2.62. The minimum absolute atomic E-state index is 0.173. The van der Waals surface area contributed by atoms with Crippen LogP contribution in [0.2, 0.25) is 0 Å². The van der Waals surface area contributed by atoms with Crippen molar-refractivity contribution >= 4 is 11.0 Å². The van der Waals surface area contributed by atoms with Crippen LogP contribution in [0.15, 0.2) is 18.2 Å². The molecule has 2 atom stereocenters. The number of nitrogens with zero attached hydrogens (tertiary/aromatic N) is 2. The maximum absolute atomic E-state index is 13.7. The Morgan fingerprint density at radius 2 is 2.28 bits per heavy atom. The fraction of sp³-hybridized carbons (Fsp3) is 0.462. The summed E-state index contributed by atoms with van der Waals surface area (Å²) in [6.07, 6.45) is 0. The molecule has 1 aliphatic heterocycles. The summed E-state index contributed by atoms with van der Waals surface area (Å²) >= 11 is 0. The second-order valence-corrected chi connectivity index (χ2v) is 4.68. The number of rotatable bonds is 2. The number of imidazole rings is 1. The standard InChI is InChI=1S/C13H16FN3O/c1-15-10-7-18-6-8(10)13-16-12-9(14)4-3-5-11(12)17(13)2/h3-5,8,10,15H,6-7H2,1-2H3. The SMILES string of the molecule is CNC1COCC1c1nc2c(F)cccc2n1C. The van der Waals surface area contributed by atoms with Gasteiger partial charge in [-0.1, -0.05) is 6.07 Å². The minimum Gasteiger partial charge on any atom is -0.379 e. The highest BCUT2D eigenvalue weighted by Crippen LogP contribution is 2.28. The average molecular weight is 249 g/mol. The van der Waals surface area contributed by atoms with E-state index in [4.69, 9.17) is 4.74 Å². The fourth-order valence-corrected chi connectivity index (χ4v) is 2.62. The van der Waals surface area contributed by atoms with Gasteiger partial charge in [0, 0.05) is 13.1 Å². The summed E-state index contributed by atoms with van der Waals surface area (Å²) in [5.74, 6) is 0.785. The third-order valence-corrected chi connectivity index (χ3v) is 3.68. The monoisotopic (exact) mass is 249 g/mol. The van der Waals surface area contributed by atoms with Gasteiger partial charge in [0.15, 0.2) is 5.82 Å². The lowest BCUT2D eigenvalue weighted by Crippen LogP contribution is -2.32. The Hall–Kier alpha value is -1.46. The molecule has 1 aromatic heterocycles. The van der Waals surface area contributed by atoms with E-state index in [2.05, 4.69) is 10.3 Å². The molecular weight excluding hydrogens is 233 g/mol. The summed E-state index contributed by atoms with van der Waals surface area (Å²) in [5.41, 5.74) is 1.27. The molecule has 18 heavy (non-hydrogen) atoms. The number of likely N-dealkylation sites (N-methyl/N-ethyl adjacent to an activating group) is 1. The van der Waals surface area contributed by atoms with Crippen LogP contribution >= 0.6 is 0 Å². The molecule has 96 valence electrons. The van der Waals surface area contributed by atoms with Crippen molar-refractivity contribution in [2.24, 2.45) is 7.05 Å². The lowest BCUT2D eigenvalue weighted by Gasteiger charge is -2.16. The van der Waals surface area contributed by atoms with Gasteiger partial charge in [0.25, 0.3) is 0 Å². The van der Waals surface area contributed by atoms with Crippen LogP contribution in [0.1, 0.15) is 11.7 Å². The molecule has 0 bridgehead atoms. The minimum atomic E-state index is -0.269. The molecule has 2 unspecified atom stereocenters. The molecule has 1 aliphatic rings. The number of para-hydroxylation sites is 1. The van der Waals surface area contributed by atoms with Crippen molar-refractivity contribution in [1.82, 2.24) is 14.9 Å². The number of fused-ring (bicyclic) bond motifs is 1. The number of ether oxygens (including phenoxy) is 1. The Bertz CT molecular complexity index is 581. The van der Waals surface area contributed by atoms with Gasteiger partial charge in [-0.05, 0) is 19.2 Å². The summed E-state index contributed by atoms with van der Waals surface area (Å²) in [6.45, 7) is 1.30. The number of benzene rings is 1. The number of hydrogen-bond acceptors (Lipinski definition) is 3. The third-order valence-electron chi connectivity index (χ3n) is 3.68. The van der Waals surface area contributed by atoms with E-state index >= 15 is 0 Å². The molecule has 3 rings (SSSR count). The molecule has 1 N–H and O–H groups in total. The first-order valence-electron chi connectivity index (χ1n) is 6.08. The van der Waals surface area contributed by atoms with Gasteiger partial charge in [-0.15, -0.1) is 0 Å². The van der Waals surface area contributed by atoms with Gasteiger partial charge in [-0.25, -0.2) is 9.37 Å². The zero-order chi connectivity index (χ0) is 12.7. The second-order valence-electron chi connectivity index (χ2n) is 4.68. The number of halogens is 1. The van der Waals surface area contributed by atoms with Crippen LogP contribution in [0.3, 0.4) is 0 Å². The Morgan fingerprint density at radius 1 is 1.44 bits per heavy atom. The Balaban J connectivity index is 2.12. The quantitative estimate of drug-likeness (QED) is 0.874. The summed E-state index contributed by atoms with van der Waals surface area (Å²) in [6, 6.07) is 5.28. The number of aryl methyl sites for hydroxylation is 1. The molecule has 2 heterocycles. The number of hydrogen-bond donors (Lipinski definition) is 1. The van der Waals surface area contributed by atoms with Gasteiger partial charge < -0.3 is 14.6 Å². The van der Waals surface area contributed by atoms with Gasteiger partial charge in [0.05, 0.1) is 24.6 Å². The van der Waals surface area contributed by atoms with Crippen molar-refractivity contribution in [2.45, 2.75) is 12.0 Å². The molecular formula is C13H16FN3O. The van der Waals surface area contributed by atoms with E-state index in [-0.39, 0.29) is 17.8 Å². The van der Waals surface area contributed by atoms with Crippen molar-refractivity contribution in [3.05, 3.63) is 29.8 Å². The zero-order valence-electron chi connectivity index (χ0n) is 10.5. The van der Waals surface area contributed by atoms with Crippen molar-refractivity contribution in [3.8, 4) is 0 Å². The summed E-state index contributed by atoms with van der Waals surface area (Å²) in [5, 5.41) is 3.23. The van der Waals surface area contributed by atoms with Gasteiger partial charge in [-0.2, -0.15) is 0 Å². The summed E-state index contributed by atoms with van der Waals surface area (Å²) in [4.78, 5) is 4.46. The van der Waals surface area contributed by atoms with Crippen LogP contribution in [0.5, 0.6) is 0 Å². The summed E-state index contributed by atoms with van der Waals surface area (Å²) in [7, 11) is 3.84. The van der Waals surface area contributed by atoms with Crippen LogP contribution in [0, 0.1) is 5.82 Å². The maximum atomic E-state index is 13.7. The molecule has 0 radical (unpaired) electrons. The van der Waals surface area contributed by atoms with E-state index in [1.807, 2.05) is 24.7 Å². The van der Waals surface area contributed by atoms with E-state index in [0.717, 1.165) is 11.3 Å².